The van der Waals surface area contributed by atoms with Gasteiger partial charge in [-0.25, -0.2) is 9.69 Å². The van der Waals surface area contributed by atoms with E-state index in [1.54, 1.807) is 13.8 Å². The molecule has 1 aliphatic rings. The molecule has 1 heterocycles. The molecule has 1 aromatic rings. The average molecular weight is 412 g/mol. The predicted octanol–water partition coefficient (Wildman–Crippen LogP) is 2.00. The first-order valence-corrected chi connectivity index (χ1v) is 11.1. The number of amides is 2. The Kier molecular flexibility index (Phi) is 8.15. The lowest BCUT2D eigenvalue weighted by Crippen LogP contribution is -2.43. The molecule has 1 unspecified atom stereocenters. The number of carbonyl (C=O) groups excluding carboxylic acids is 2. The van der Waals surface area contributed by atoms with Crippen molar-refractivity contribution in [2.24, 2.45) is 5.92 Å². The summed E-state index contributed by atoms with van der Waals surface area (Å²) in [7, 11) is -1.32. The first kappa shape index (κ1) is 22.5. The Morgan fingerprint density at radius 3 is 2.46 bits per heavy atom. The molecule has 0 radical (unpaired) electrons. The van der Waals surface area contributed by atoms with Gasteiger partial charge in [-0.2, -0.15) is 0 Å². The molecule has 0 aliphatic carbocycles. The third kappa shape index (κ3) is 5.62. The number of nitrogens with zero attached hydrogens (tertiary/aromatic N) is 1. The van der Waals surface area contributed by atoms with Crippen molar-refractivity contribution in [2.45, 2.75) is 56.6 Å². The number of aliphatic hydroxyl groups is 2. The van der Waals surface area contributed by atoms with Gasteiger partial charge < -0.3 is 14.9 Å². The highest BCUT2D eigenvalue weighted by atomic mass is 32.2. The molecule has 2 rings (SSSR count). The molecule has 28 heavy (non-hydrogen) atoms. The summed E-state index contributed by atoms with van der Waals surface area (Å²) in [5, 5.41) is 18.8. The number of hydrogen-bond donors (Lipinski definition) is 2. The molecule has 1 fully saturated rings. The van der Waals surface area contributed by atoms with Gasteiger partial charge >= 0.3 is 6.09 Å². The highest BCUT2D eigenvalue weighted by Crippen LogP contribution is 2.31. The summed E-state index contributed by atoms with van der Waals surface area (Å²) in [4.78, 5) is 26.4. The number of rotatable bonds is 9. The molecule has 0 aromatic heterocycles. The third-order valence-corrected chi connectivity index (χ3v) is 6.56. The molecule has 156 valence electrons. The average Bonchev–Trinajstić information content (AvgIpc) is 3.02. The van der Waals surface area contributed by atoms with E-state index in [1.165, 1.54) is 6.26 Å². The number of benzene rings is 1. The van der Waals surface area contributed by atoms with Crippen LogP contribution >= 0.6 is 0 Å². The van der Waals surface area contributed by atoms with Crippen LogP contribution in [0.4, 0.5) is 4.79 Å². The number of ether oxygens (including phenoxy) is 1. The zero-order valence-electron chi connectivity index (χ0n) is 16.5. The quantitative estimate of drug-likeness (QED) is 0.644. The molecule has 0 saturated carbocycles. The van der Waals surface area contributed by atoms with Gasteiger partial charge in [-0.3, -0.25) is 9.00 Å². The largest absolute Gasteiger partial charge is 0.446 e. The van der Waals surface area contributed by atoms with E-state index in [4.69, 9.17) is 4.74 Å². The van der Waals surface area contributed by atoms with Crippen LogP contribution in [0, 0.1) is 5.92 Å². The third-order valence-electron chi connectivity index (χ3n) is 5.07. The Morgan fingerprint density at radius 2 is 1.89 bits per heavy atom. The topological polar surface area (TPSA) is 104 Å². The molecule has 7 nitrogen and oxygen atoms in total. The fourth-order valence-electron chi connectivity index (χ4n) is 3.54. The fourth-order valence-corrected chi connectivity index (χ4v) is 4.70. The summed E-state index contributed by atoms with van der Waals surface area (Å²) in [6.07, 6.45) is 0.349. The molecule has 1 aromatic carbocycles. The maximum atomic E-state index is 13.1. The second-order valence-corrected chi connectivity index (χ2v) is 8.96. The van der Waals surface area contributed by atoms with E-state index in [2.05, 4.69) is 0 Å². The Balaban J connectivity index is 2.12. The zero-order valence-corrected chi connectivity index (χ0v) is 17.3. The van der Waals surface area contributed by atoms with Crippen molar-refractivity contribution in [3.05, 3.63) is 35.9 Å². The molecule has 2 N–H and O–H groups in total. The van der Waals surface area contributed by atoms with E-state index in [9.17, 15) is 24.0 Å². The molecule has 8 heteroatoms. The standard InChI is InChI=1S/C20H29NO6S/c1-13(22)11-16(23)9-10-18(28(3)26)14(2)19(24)21-17(12-27-20(21)25)15-7-5-4-6-8-15/h4-8,13-14,16-18,22-23H,9-12H2,1-3H3/t13-,14-,16-,17-,18-,28?/m1/s1. The van der Waals surface area contributed by atoms with Crippen LogP contribution in [0.15, 0.2) is 30.3 Å². The maximum Gasteiger partial charge on any atom is 0.417 e. The normalized spacial score (nSPS) is 22.2. The van der Waals surface area contributed by atoms with Crippen LogP contribution in [0.3, 0.4) is 0 Å². The van der Waals surface area contributed by atoms with Crippen molar-refractivity contribution in [1.29, 1.82) is 0 Å². The number of imide groups is 1. The van der Waals surface area contributed by atoms with E-state index >= 15 is 0 Å². The molecular formula is C20H29NO6S. The summed E-state index contributed by atoms with van der Waals surface area (Å²) in [6, 6.07) is 8.68. The van der Waals surface area contributed by atoms with Crippen molar-refractivity contribution in [1.82, 2.24) is 4.90 Å². The first-order chi connectivity index (χ1) is 13.2. The van der Waals surface area contributed by atoms with E-state index < -0.39 is 52.2 Å². The lowest BCUT2D eigenvalue weighted by atomic mass is 9.97. The number of carbonyl (C=O) groups is 2. The van der Waals surface area contributed by atoms with Crippen LogP contribution in [-0.4, -0.2) is 61.6 Å². The van der Waals surface area contributed by atoms with Gasteiger partial charge in [-0.15, -0.1) is 0 Å². The zero-order chi connectivity index (χ0) is 20.8. The van der Waals surface area contributed by atoms with Crippen molar-refractivity contribution in [3.8, 4) is 0 Å². The van der Waals surface area contributed by atoms with Gasteiger partial charge in [0.2, 0.25) is 5.91 Å². The summed E-state index contributed by atoms with van der Waals surface area (Å²) in [5.74, 6) is -1.11. The SMILES string of the molecule is C[C@@H](O)C[C@H](O)CC[C@H]([C@@H](C)C(=O)N1C(=O)OC[C@@H]1c1ccccc1)S(C)=O. The van der Waals surface area contributed by atoms with Gasteiger partial charge in [0.15, 0.2) is 0 Å². The first-order valence-electron chi connectivity index (χ1n) is 9.45. The van der Waals surface area contributed by atoms with Gasteiger partial charge in [0.05, 0.1) is 18.1 Å². The number of cyclic esters (lactones) is 1. The van der Waals surface area contributed by atoms with Crippen LogP contribution in [-0.2, 0) is 20.3 Å². The van der Waals surface area contributed by atoms with Crippen LogP contribution in [0.5, 0.6) is 0 Å². The number of hydrogen-bond acceptors (Lipinski definition) is 6. The lowest BCUT2D eigenvalue weighted by molar-refractivity contribution is -0.133. The highest BCUT2D eigenvalue weighted by molar-refractivity contribution is 7.84. The highest BCUT2D eigenvalue weighted by Gasteiger charge is 2.42. The summed E-state index contributed by atoms with van der Waals surface area (Å²) in [6.45, 7) is 3.34. The minimum atomic E-state index is -1.32. The van der Waals surface area contributed by atoms with Crippen molar-refractivity contribution in [3.63, 3.8) is 0 Å². The van der Waals surface area contributed by atoms with E-state index in [0.717, 1.165) is 10.5 Å². The smallest absolute Gasteiger partial charge is 0.417 e. The second kappa shape index (κ2) is 10.1. The van der Waals surface area contributed by atoms with Crippen molar-refractivity contribution < 1.29 is 28.7 Å². The molecule has 0 bridgehead atoms. The minimum Gasteiger partial charge on any atom is -0.446 e. The monoisotopic (exact) mass is 411 g/mol. The maximum absolute atomic E-state index is 13.1. The summed E-state index contributed by atoms with van der Waals surface area (Å²) in [5.41, 5.74) is 0.801. The molecule has 6 atom stereocenters. The molecule has 2 amide bonds. The van der Waals surface area contributed by atoms with Crippen molar-refractivity contribution in [2.75, 3.05) is 12.9 Å². The van der Waals surface area contributed by atoms with Gasteiger partial charge in [0, 0.05) is 22.3 Å². The van der Waals surface area contributed by atoms with Crippen LogP contribution < -0.4 is 0 Å². The Morgan fingerprint density at radius 1 is 1.25 bits per heavy atom. The molecular weight excluding hydrogens is 382 g/mol. The molecule has 1 saturated heterocycles. The van der Waals surface area contributed by atoms with E-state index in [0.29, 0.717) is 12.8 Å². The summed E-state index contributed by atoms with van der Waals surface area (Å²) < 4.78 is 17.4. The van der Waals surface area contributed by atoms with Crippen LogP contribution in [0.1, 0.15) is 44.7 Å². The van der Waals surface area contributed by atoms with Gasteiger partial charge in [0.25, 0.3) is 0 Å². The predicted molar refractivity (Wildman–Crippen MR) is 106 cm³/mol. The van der Waals surface area contributed by atoms with E-state index in [-0.39, 0.29) is 13.0 Å². The van der Waals surface area contributed by atoms with Crippen molar-refractivity contribution >= 4 is 22.8 Å². The molecule has 1 aliphatic heterocycles. The summed E-state index contributed by atoms with van der Waals surface area (Å²) >= 11 is 0. The number of aliphatic hydroxyl groups excluding tert-OH is 2. The fraction of sp³-hybridized carbons (Fsp3) is 0.600. The van der Waals surface area contributed by atoms with E-state index in [1.807, 2.05) is 30.3 Å². The minimum absolute atomic E-state index is 0.0916. The van der Waals surface area contributed by atoms with Gasteiger partial charge in [-0.1, -0.05) is 37.3 Å². The Labute approximate surface area is 168 Å². The second-order valence-electron chi connectivity index (χ2n) is 7.35. The molecule has 0 spiro atoms. The van der Waals surface area contributed by atoms with Gasteiger partial charge in [-0.05, 0) is 31.7 Å². The van der Waals surface area contributed by atoms with Crippen LogP contribution in [0.25, 0.3) is 0 Å². The van der Waals surface area contributed by atoms with Crippen LogP contribution in [0.2, 0.25) is 0 Å². The van der Waals surface area contributed by atoms with Gasteiger partial charge in [0.1, 0.15) is 12.6 Å². The Bertz CT molecular complexity index is 695. The Hall–Kier alpha value is -1.77. The lowest BCUT2D eigenvalue weighted by Gasteiger charge is -2.27.